The van der Waals surface area contributed by atoms with Crippen LogP contribution in [0.15, 0.2) is 59.1 Å². The highest BCUT2D eigenvalue weighted by atomic mass is 16.5. The second kappa shape index (κ2) is 8.73. The van der Waals surface area contributed by atoms with Gasteiger partial charge in [0, 0.05) is 48.2 Å². The standard InChI is InChI=1S/C31H38N2O5/c1-17-22(14-23-24(32-17)11-19(12-26(23)34)21-9-7-8-10-27(21)36-6)29(35)37-28-13-20-15-31(16-25(28)33(20)31)18(2)38-30(3,4)5/h7-10,19-20,25,28,32H,2,11-16H2,1,3-6H3/t19-,20+,25+,28-,31?/m1/s1. The van der Waals surface area contributed by atoms with E-state index in [-0.39, 0.29) is 41.0 Å². The number of rotatable bonds is 6. The first-order valence-corrected chi connectivity index (χ1v) is 13.7. The maximum Gasteiger partial charge on any atom is 0.336 e. The number of para-hydroxylation sites is 1. The van der Waals surface area contributed by atoms with Crippen LogP contribution in [0.2, 0.25) is 0 Å². The van der Waals surface area contributed by atoms with Crippen LogP contribution in [0.3, 0.4) is 0 Å². The van der Waals surface area contributed by atoms with Gasteiger partial charge >= 0.3 is 5.97 Å². The van der Waals surface area contributed by atoms with Gasteiger partial charge in [0.1, 0.15) is 23.2 Å². The topological polar surface area (TPSA) is 77.1 Å². The average molecular weight is 519 g/mol. The monoisotopic (exact) mass is 518 g/mol. The average Bonchev–Trinajstić information content (AvgIpc) is 2.94. The summed E-state index contributed by atoms with van der Waals surface area (Å²) in [5, 5.41) is 3.39. The number of carbonyl (C=O) groups excluding carboxylic acids is 2. The van der Waals surface area contributed by atoms with Crippen molar-refractivity contribution in [1.29, 1.82) is 0 Å². The Hall–Kier alpha value is -3.06. The van der Waals surface area contributed by atoms with Crippen molar-refractivity contribution < 1.29 is 23.8 Å². The summed E-state index contributed by atoms with van der Waals surface area (Å²) >= 11 is 0. The maximum absolute atomic E-state index is 13.4. The molecule has 0 saturated carbocycles. The van der Waals surface area contributed by atoms with Gasteiger partial charge in [0.15, 0.2) is 5.78 Å². The smallest absolute Gasteiger partial charge is 0.336 e. The molecule has 202 valence electrons. The summed E-state index contributed by atoms with van der Waals surface area (Å²) in [6.07, 6.45) is 4.07. The number of nitrogens with zero attached hydrogens (tertiary/aromatic N) is 1. The van der Waals surface area contributed by atoms with Gasteiger partial charge in [-0.25, -0.2) is 4.79 Å². The number of hydrogen-bond donors (Lipinski definition) is 1. The Morgan fingerprint density at radius 2 is 1.95 bits per heavy atom. The van der Waals surface area contributed by atoms with Crippen LogP contribution in [0.1, 0.15) is 77.7 Å². The summed E-state index contributed by atoms with van der Waals surface area (Å²) in [6, 6.07) is 8.50. The van der Waals surface area contributed by atoms with E-state index in [1.807, 2.05) is 52.0 Å². The predicted molar refractivity (Wildman–Crippen MR) is 143 cm³/mol. The molecule has 4 aliphatic heterocycles. The minimum Gasteiger partial charge on any atom is -0.496 e. The molecular formula is C31H38N2O5. The summed E-state index contributed by atoms with van der Waals surface area (Å²) in [4.78, 5) is 29.1. The summed E-state index contributed by atoms with van der Waals surface area (Å²) in [5.74, 6) is 1.46. The Kier molecular flexibility index (Phi) is 5.80. The van der Waals surface area contributed by atoms with Gasteiger partial charge in [0.25, 0.3) is 0 Å². The first-order chi connectivity index (χ1) is 18.0. The van der Waals surface area contributed by atoms with Crippen molar-refractivity contribution in [2.24, 2.45) is 0 Å². The Bertz CT molecular complexity index is 1290. The number of ether oxygens (including phenoxy) is 3. The normalized spacial score (nSPS) is 32.0. The number of carbonyl (C=O) groups is 2. The van der Waals surface area contributed by atoms with E-state index >= 15 is 0 Å². The molecule has 0 amide bonds. The van der Waals surface area contributed by atoms with E-state index in [0.717, 1.165) is 47.7 Å². The van der Waals surface area contributed by atoms with E-state index in [1.54, 1.807) is 7.11 Å². The molecule has 1 aromatic carbocycles. The number of allylic oxidation sites excluding steroid dienone is 3. The number of ketones is 1. The van der Waals surface area contributed by atoms with Crippen LogP contribution >= 0.6 is 0 Å². The van der Waals surface area contributed by atoms with Crippen molar-refractivity contribution in [3.8, 4) is 5.75 Å². The number of esters is 1. The van der Waals surface area contributed by atoms with Gasteiger partial charge < -0.3 is 19.5 Å². The molecule has 1 aliphatic carbocycles. The van der Waals surface area contributed by atoms with Gasteiger partial charge in [-0.3, -0.25) is 9.69 Å². The van der Waals surface area contributed by atoms with Crippen LogP contribution in [0, 0.1) is 0 Å². The number of hydrogen-bond acceptors (Lipinski definition) is 7. The Labute approximate surface area is 224 Å². The molecule has 0 aromatic heterocycles. The highest BCUT2D eigenvalue weighted by Gasteiger charge is 2.71. The van der Waals surface area contributed by atoms with E-state index < -0.39 is 0 Å². The largest absolute Gasteiger partial charge is 0.496 e. The zero-order chi connectivity index (χ0) is 27.0. The summed E-state index contributed by atoms with van der Waals surface area (Å²) in [7, 11) is 1.66. The molecule has 0 radical (unpaired) electrons. The molecule has 1 unspecified atom stereocenters. The highest BCUT2D eigenvalue weighted by molar-refractivity contribution is 6.01. The van der Waals surface area contributed by atoms with Crippen LogP contribution in [0.5, 0.6) is 5.75 Å². The fourth-order valence-electron chi connectivity index (χ4n) is 7.39. The molecule has 4 heterocycles. The molecule has 3 saturated heterocycles. The second-order valence-corrected chi connectivity index (χ2v) is 12.5. The summed E-state index contributed by atoms with van der Waals surface area (Å²) < 4.78 is 17.8. The SMILES string of the molecule is C=C(OC(C)(C)C)C12C[C@@H]3C[C@@H](OC(=O)C4=C(C)NC5=C(C4)C(=O)C[C@H](c4ccccc4OC)C5)[C@H](C1)N32. The second-order valence-electron chi connectivity index (χ2n) is 12.5. The third-order valence-corrected chi connectivity index (χ3v) is 9.06. The lowest BCUT2D eigenvalue weighted by atomic mass is 9.67. The minimum absolute atomic E-state index is 0.0464. The predicted octanol–water partition coefficient (Wildman–Crippen LogP) is 4.89. The third kappa shape index (κ3) is 3.89. The Balaban J connectivity index is 1.11. The van der Waals surface area contributed by atoms with E-state index in [0.29, 0.717) is 36.5 Å². The molecule has 0 bridgehead atoms. The molecule has 7 nitrogen and oxygen atoms in total. The maximum atomic E-state index is 13.4. The number of Topliss-reactive ketones (excluding diaryl/α,β-unsaturated/α-hetero) is 1. The lowest BCUT2D eigenvalue weighted by Gasteiger charge is -2.66. The van der Waals surface area contributed by atoms with Crippen molar-refractivity contribution in [1.82, 2.24) is 10.2 Å². The Morgan fingerprint density at radius 3 is 2.68 bits per heavy atom. The first-order valence-electron chi connectivity index (χ1n) is 13.7. The van der Waals surface area contributed by atoms with Crippen LogP contribution in [-0.2, 0) is 19.1 Å². The van der Waals surface area contributed by atoms with Gasteiger partial charge in [-0.05, 0) is 58.6 Å². The molecule has 0 spiro atoms. The molecule has 5 atom stereocenters. The number of nitrogens with one attached hydrogen (secondary N) is 1. The zero-order valence-electron chi connectivity index (χ0n) is 23.1. The third-order valence-electron chi connectivity index (χ3n) is 9.06. The number of methoxy groups -OCH3 is 1. The molecule has 3 fully saturated rings. The summed E-state index contributed by atoms with van der Waals surface area (Å²) in [5.41, 5.74) is 3.63. The van der Waals surface area contributed by atoms with Crippen molar-refractivity contribution in [3.05, 3.63) is 64.7 Å². The van der Waals surface area contributed by atoms with Gasteiger partial charge in [-0.1, -0.05) is 24.8 Å². The van der Waals surface area contributed by atoms with Gasteiger partial charge in [-0.2, -0.15) is 0 Å². The van der Waals surface area contributed by atoms with Crippen LogP contribution < -0.4 is 10.1 Å². The molecule has 6 rings (SSSR count). The van der Waals surface area contributed by atoms with Gasteiger partial charge in [0.05, 0.1) is 24.3 Å². The van der Waals surface area contributed by atoms with Crippen molar-refractivity contribution >= 4 is 11.8 Å². The van der Waals surface area contributed by atoms with E-state index in [2.05, 4.69) is 16.8 Å². The minimum atomic E-state index is -0.309. The summed E-state index contributed by atoms with van der Waals surface area (Å²) in [6.45, 7) is 12.3. The van der Waals surface area contributed by atoms with Gasteiger partial charge in [-0.15, -0.1) is 0 Å². The number of dihydropyridines is 1. The van der Waals surface area contributed by atoms with Crippen molar-refractivity contribution in [2.75, 3.05) is 7.11 Å². The fourth-order valence-corrected chi connectivity index (χ4v) is 7.39. The van der Waals surface area contributed by atoms with E-state index in [9.17, 15) is 9.59 Å². The lowest BCUT2D eigenvalue weighted by molar-refractivity contribution is -0.188. The number of benzene rings is 1. The quantitative estimate of drug-likeness (QED) is 0.424. The molecule has 1 aromatic rings. The molecule has 1 N–H and O–H groups in total. The molecule has 38 heavy (non-hydrogen) atoms. The first kappa shape index (κ1) is 25.2. The van der Waals surface area contributed by atoms with Crippen LogP contribution in [0.4, 0.5) is 0 Å². The molecule has 7 heteroatoms. The lowest BCUT2D eigenvalue weighted by Crippen LogP contribution is -2.77. The van der Waals surface area contributed by atoms with E-state index in [4.69, 9.17) is 14.2 Å². The van der Waals surface area contributed by atoms with E-state index in [1.165, 1.54) is 0 Å². The Morgan fingerprint density at radius 1 is 1.18 bits per heavy atom. The van der Waals surface area contributed by atoms with Gasteiger partial charge in [0.2, 0.25) is 0 Å². The van der Waals surface area contributed by atoms with Crippen molar-refractivity contribution in [3.63, 3.8) is 0 Å². The van der Waals surface area contributed by atoms with Crippen molar-refractivity contribution in [2.45, 2.75) is 101 Å². The zero-order valence-corrected chi connectivity index (χ0v) is 23.1. The fraction of sp³-hybridized carbons (Fsp3) is 0.548. The molecule has 5 aliphatic rings. The van der Waals surface area contributed by atoms with Crippen LogP contribution in [-0.4, -0.2) is 53.1 Å². The highest BCUT2D eigenvalue weighted by Crippen LogP contribution is 2.62. The number of piperidine rings is 1. The molecular weight excluding hydrogens is 480 g/mol. The van der Waals surface area contributed by atoms with Crippen LogP contribution in [0.25, 0.3) is 0 Å².